The number of aryl methyl sites for hydroxylation is 1. The molecule has 0 saturated heterocycles. The number of nitrogens with zero attached hydrogens (tertiary/aromatic N) is 1. The summed E-state index contributed by atoms with van der Waals surface area (Å²) >= 11 is 0. The standard InChI is InChI=1S/C26H24N2O2/c1-20-7-9-23(10-8-20)19-30-25-13-11-22(12-14-25)17-24(18-27)26(29)28-16-15-21-5-3-2-4-6-21/h2-14,17H,15-16,19H2,1H3,(H,28,29). The highest BCUT2D eigenvalue weighted by Gasteiger charge is 2.08. The topological polar surface area (TPSA) is 62.1 Å². The molecule has 30 heavy (non-hydrogen) atoms. The molecule has 0 unspecified atom stereocenters. The van der Waals surface area contributed by atoms with Crippen LogP contribution in [0.5, 0.6) is 5.75 Å². The highest BCUT2D eigenvalue weighted by molar-refractivity contribution is 6.01. The van der Waals surface area contributed by atoms with Crippen LogP contribution < -0.4 is 10.1 Å². The molecule has 150 valence electrons. The molecule has 0 spiro atoms. The van der Waals surface area contributed by atoms with Gasteiger partial charge in [-0.25, -0.2) is 0 Å². The van der Waals surface area contributed by atoms with Gasteiger partial charge in [-0.05, 0) is 48.2 Å². The molecule has 1 N–H and O–H groups in total. The molecule has 0 aliphatic carbocycles. The molecule has 0 bridgehead atoms. The highest BCUT2D eigenvalue weighted by atomic mass is 16.5. The average Bonchev–Trinajstić information content (AvgIpc) is 2.78. The van der Waals surface area contributed by atoms with E-state index in [1.165, 1.54) is 5.56 Å². The predicted molar refractivity (Wildman–Crippen MR) is 119 cm³/mol. The second kappa shape index (κ2) is 10.6. The van der Waals surface area contributed by atoms with Gasteiger partial charge in [-0.2, -0.15) is 5.26 Å². The molecule has 4 heteroatoms. The molecule has 3 aromatic rings. The van der Waals surface area contributed by atoms with Crippen molar-refractivity contribution in [3.63, 3.8) is 0 Å². The third kappa shape index (κ3) is 6.35. The number of nitriles is 1. The largest absolute Gasteiger partial charge is 0.489 e. The van der Waals surface area contributed by atoms with Crippen LogP contribution in [0.25, 0.3) is 6.08 Å². The van der Waals surface area contributed by atoms with Crippen LogP contribution >= 0.6 is 0 Å². The van der Waals surface area contributed by atoms with Gasteiger partial charge in [0.05, 0.1) is 0 Å². The zero-order valence-electron chi connectivity index (χ0n) is 17.0. The molecular weight excluding hydrogens is 372 g/mol. The van der Waals surface area contributed by atoms with Crippen LogP contribution in [0.3, 0.4) is 0 Å². The first-order valence-electron chi connectivity index (χ1n) is 9.86. The molecule has 0 saturated carbocycles. The number of carbonyl (C=O) groups excluding carboxylic acids is 1. The summed E-state index contributed by atoms with van der Waals surface area (Å²) in [6.07, 6.45) is 2.31. The van der Waals surface area contributed by atoms with Crippen molar-refractivity contribution in [3.8, 4) is 11.8 Å². The summed E-state index contributed by atoms with van der Waals surface area (Å²) in [6, 6.07) is 27.4. The van der Waals surface area contributed by atoms with Crippen molar-refractivity contribution < 1.29 is 9.53 Å². The Hall–Kier alpha value is -3.84. The number of hydrogen-bond acceptors (Lipinski definition) is 3. The van der Waals surface area contributed by atoms with Crippen LogP contribution in [0.1, 0.15) is 22.3 Å². The number of hydrogen-bond donors (Lipinski definition) is 1. The number of rotatable bonds is 8. The van der Waals surface area contributed by atoms with E-state index >= 15 is 0 Å². The predicted octanol–water partition coefficient (Wildman–Crippen LogP) is 4.84. The SMILES string of the molecule is Cc1ccc(COc2ccc(C=C(C#N)C(=O)NCCc3ccccc3)cc2)cc1. The second-order valence-electron chi connectivity index (χ2n) is 7.00. The fraction of sp³-hybridized carbons (Fsp3) is 0.154. The highest BCUT2D eigenvalue weighted by Crippen LogP contribution is 2.16. The van der Waals surface area contributed by atoms with Gasteiger partial charge in [0.1, 0.15) is 24.0 Å². The molecule has 3 rings (SSSR count). The monoisotopic (exact) mass is 396 g/mol. The van der Waals surface area contributed by atoms with Crippen LogP contribution in [0.4, 0.5) is 0 Å². The Labute approximate surface area is 177 Å². The lowest BCUT2D eigenvalue weighted by atomic mass is 10.1. The van der Waals surface area contributed by atoms with E-state index in [1.807, 2.05) is 72.8 Å². The number of carbonyl (C=O) groups is 1. The number of amides is 1. The molecule has 4 nitrogen and oxygen atoms in total. The van der Waals surface area contributed by atoms with Gasteiger partial charge in [0.2, 0.25) is 0 Å². The first-order chi connectivity index (χ1) is 14.6. The van der Waals surface area contributed by atoms with E-state index in [0.717, 1.165) is 28.9 Å². The minimum atomic E-state index is -0.367. The fourth-order valence-corrected chi connectivity index (χ4v) is 2.89. The summed E-state index contributed by atoms with van der Waals surface area (Å²) in [4.78, 5) is 12.3. The van der Waals surface area contributed by atoms with Gasteiger partial charge >= 0.3 is 0 Å². The molecule has 0 radical (unpaired) electrons. The zero-order valence-corrected chi connectivity index (χ0v) is 17.0. The minimum absolute atomic E-state index is 0.0800. The van der Waals surface area contributed by atoms with E-state index in [-0.39, 0.29) is 11.5 Å². The lowest BCUT2D eigenvalue weighted by Crippen LogP contribution is -2.26. The summed E-state index contributed by atoms with van der Waals surface area (Å²) in [5.41, 5.74) is 4.31. The summed E-state index contributed by atoms with van der Waals surface area (Å²) in [5, 5.41) is 12.2. The summed E-state index contributed by atoms with van der Waals surface area (Å²) < 4.78 is 5.80. The van der Waals surface area contributed by atoms with Crippen molar-refractivity contribution in [2.24, 2.45) is 0 Å². The first-order valence-corrected chi connectivity index (χ1v) is 9.86. The van der Waals surface area contributed by atoms with Crippen molar-refractivity contribution in [3.05, 3.63) is 107 Å². The molecule has 1 amide bonds. The second-order valence-corrected chi connectivity index (χ2v) is 7.00. The Balaban J connectivity index is 1.53. The van der Waals surface area contributed by atoms with Crippen LogP contribution in [0.2, 0.25) is 0 Å². The van der Waals surface area contributed by atoms with E-state index in [2.05, 4.69) is 24.4 Å². The maximum atomic E-state index is 12.3. The molecule has 0 aliphatic rings. The van der Waals surface area contributed by atoms with Crippen molar-refractivity contribution in [1.82, 2.24) is 5.32 Å². The van der Waals surface area contributed by atoms with Gasteiger partial charge in [-0.3, -0.25) is 4.79 Å². The Morgan fingerprint density at radius 1 is 0.967 bits per heavy atom. The van der Waals surface area contributed by atoms with E-state index in [0.29, 0.717) is 13.2 Å². The first kappa shape index (κ1) is 20.9. The number of nitrogens with one attached hydrogen (secondary N) is 1. The van der Waals surface area contributed by atoms with E-state index in [1.54, 1.807) is 6.08 Å². The van der Waals surface area contributed by atoms with Gasteiger partial charge < -0.3 is 10.1 Å². The van der Waals surface area contributed by atoms with E-state index in [4.69, 9.17) is 4.74 Å². The number of ether oxygens (including phenoxy) is 1. The van der Waals surface area contributed by atoms with Crippen LogP contribution in [-0.4, -0.2) is 12.5 Å². The Bertz CT molecular complexity index is 1030. The normalized spacial score (nSPS) is 10.9. The maximum Gasteiger partial charge on any atom is 0.261 e. The van der Waals surface area contributed by atoms with E-state index < -0.39 is 0 Å². The molecule has 0 atom stereocenters. The molecule has 0 heterocycles. The molecule has 3 aromatic carbocycles. The van der Waals surface area contributed by atoms with Gasteiger partial charge in [-0.15, -0.1) is 0 Å². The maximum absolute atomic E-state index is 12.3. The lowest BCUT2D eigenvalue weighted by Gasteiger charge is -2.07. The Kier molecular flexibility index (Phi) is 7.40. The van der Waals surface area contributed by atoms with Crippen LogP contribution in [-0.2, 0) is 17.8 Å². The van der Waals surface area contributed by atoms with Gasteiger partial charge in [0, 0.05) is 6.54 Å². The van der Waals surface area contributed by atoms with Crippen molar-refractivity contribution >= 4 is 12.0 Å². The average molecular weight is 396 g/mol. The van der Waals surface area contributed by atoms with Gasteiger partial charge in [0.15, 0.2) is 0 Å². The molecule has 0 aliphatic heterocycles. The molecule has 0 aromatic heterocycles. The molecular formula is C26H24N2O2. The van der Waals surface area contributed by atoms with Gasteiger partial charge in [0.25, 0.3) is 5.91 Å². The van der Waals surface area contributed by atoms with Crippen molar-refractivity contribution in [1.29, 1.82) is 5.26 Å². The van der Waals surface area contributed by atoms with Gasteiger partial charge in [-0.1, -0.05) is 72.3 Å². The summed E-state index contributed by atoms with van der Waals surface area (Å²) in [7, 11) is 0. The fourth-order valence-electron chi connectivity index (χ4n) is 2.89. The quantitative estimate of drug-likeness (QED) is 0.438. The third-order valence-corrected chi connectivity index (χ3v) is 4.62. The number of benzene rings is 3. The van der Waals surface area contributed by atoms with Crippen LogP contribution in [0.15, 0.2) is 84.4 Å². The zero-order chi connectivity index (χ0) is 21.2. The molecule has 0 fully saturated rings. The minimum Gasteiger partial charge on any atom is -0.489 e. The lowest BCUT2D eigenvalue weighted by molar-refractivity contribution is -0.117. The van der Waals surface area contributed by atoms with Crippen molar-refractivity contribution in [2.45, 2.75) is 20.0 Å². The summed E-state index contributed by atoms with van der Waals surface area (Å²) in [6.45, 7) is 3.02. The smallest absolute Gasteiger partial charge is 0.261 e. The van der Waals surface area contributed by atoms with Crippen LogP contribution in [0, 0.1) is 18.3 Å². The van der Waals surface area contributed by atoms with E-state index in [9.17, 15) is 10.1 Å². The third-order valence-electron chi connectivity index (χ3n) is 4.62. The van der Waals surface area contributed by atoms with Crippen molar-refractivity contribution in [2.75, 3.05) is 6.54 Å². The Morgan fingerprint density at radius 2 is 1.67 bits per heavy atom. The summed E-state index contributed by atoms with van der Waals surface area (Å²) in [5.74, 6) is 0.367. The Morgan fingerprint density at radius 3 is 2.33 bits per heavy atom.